The molecule has 7 rings (SSSR count). The molecule has 4 aliphatic rings. The maximum absolute atomic E-state index is 14.1. The van der Waals surface area contributed by atoms with Crippen LogP contribution in [0.3, 0.4) is 0 Å². The normalized spacial score (nSPS) is 29.8. The minimum absolute atomic E-state index is 0.0190. The van der Waals surface area contributed by atoms with E-state index in [1.165, 1.54) is 34.1 Å². The second-order valence-electron chi connectivity index (χ2n) is 16.1. The average molecular weight is 951 g/mol. The highest BCUT2D eigenvalue weighted by atomic mass is 32.3. The van der Waals surface area contributed by atoms with E-state index in [0.29, 0.717) is 0 Å². The van der Waals surface area contributed by atoms with Crippen LogP contribution < -0.4 is 15.4 Å². The molecule has 0 radical (unpaired) electrons. The Kier molecular flexibility index (Phi) is 13.3. The van der Waals surface area contributed by atoms with Gasteiger partial charge in [0.25, 0.3) is 5.91 Å². The third-order valence-electron chi connectivity index (χ3n) is 12.0. The zero-order valence-electron chi connectivity index (χ0n) is 35.3. The number of rotatable bonds is 12. The minimum Gasteiger partial charge on any atom is -0.507 e. The molecule has 358 valence electrons. The molecule has 12 N–H and O–H groups in total. The van der Waals surface area contributed by atoms with Gasteiger partial charge in [0.05, 0.1) is 42.6 Å². The first kappa shape index (κ1) is 48.5. The number of benzene rings is 3. The number of carboxylic acids is 1. The Balaban J connectivity index is 1.34. The highest BCUT2D eigenvalue weighted by Gasteiger charge is 2.53. The lowest BCUT2D eigenvalue weighted by molar-refractivity contribution is -0.349. The van der Waals surface area contributed by atoms with Crippen LogP contribution in [0.5, 0.6) is 23.0 Å². The van der Waals surface area contributed by atoms with E-state index in [0.717, 1.165) is 25.1 Å². The number of aliphatic hydroxyl groups is 5. The molecule has 3 aromatic rings. The summed E-state index contributed by atoms with van der Waals surface area (Å²) in [6.07, 6.45) is -20.3. The standard InChI is InChI=1S/C41H46N2O22S/c1-11-6-18-24(31(50)21(11)38(54)43-12(2)39(55)56)23-16(9-17-25(32(23)51)28(47)15-7-14(60-5)8-19(45)22(15)27(17)46)29(48)35(18)63-40-33(52)36(26(42-4)13(3)61-40)64-41-34(53)37(65-66(57,58)59)30(49)20(10-44)62-41/h6-9,12-13,20,26,29-30,33-37,40-42,44-45,48-53H,10H2,1-5H3,(H,43,54)(H,55,56)(H,57,58,59)/t12-,13+,20+,26-,29+,30+,33+,34+,35+,36-,37-,40-,41-/m1/s1. The number of aliphatic hydroxyl groups excluding tert-OH is 5. The molecule has 1 amide bonds. The second-order valence-corrected chi connectivity index (χ2v) is 17.1. The van der Waals surface area contributed by atoms with Crippen molar-refractivity contribution in [2.45, 2.75) is 100 Å². The molecule has 2 heterocycles. The van der Waals surface area contributed by atoms with Crippen molar-refractivity contribution in [3.8, 4) is 34.1 Å². The summed E-state index contributed by atoms with van der Waals surface area (Å²) < 4.78 is 66.0. The van der Waals surface area contributed by atoms with Gasteiger partial charge in [-0.2, -0.15) is 8.42 Å². The van der Waals surface area contributed by atoms with E-state index < -0.39 is 171 Å². The van der Waals surface area contributed by atoms with Crippen molar-refractivity contribution < 1.29 is 106 Å². The summed E-state index contributed by atoms with van der Waals surface area (Å²) in [6, 6.07) is 1.99. The van der Waals surface area contributed by atoms with Crippen molar-refractivity contribution in [2.75, 3.05) is 20.8 Å². The van der Waals surface area contributed by atoms with Crippen molar-refractivity contribution in [3.63, 3.8) is 0 Å². The van der Waals surface area contributed by atoms with E-state index in [-0.39, 0.29) is 28.0 Å². The van der Waals surface area contributed by atoms with E-state index in [2.05, 4.69) is 14.8 Å². The van der Waals surface area contributed by atoms with Crippen molar-refractivity contribution in [2.24, 2.45) is 0 Å². The van der Waals surface area contributed by atoms with E-state index in [9.17, 15) is 78.1 Å². The van der Waals surface area contributed by atoms with Gasteiger partial charge < -0.3 is 80.3 Å². The molecular formula is C41H46N2O22S. The summed E-state index contributed by atoms with van der Waals surface area (Å²) in [4.78, 5) is 53.5. The Morgan fingerprint density at radius 3 is 2.05 bits per heavy atom. The lowest BCUT2D eigenvalue weighted by atomic mass is 9.74. The number of phenolic OH excluding ortho intramolecular Hbond substituents is 3. The molecular weight excluding hydrogens is 905 g/mol. The van der Waals surface area contributed by atoms with E-state index >= 15 is 0 Å². The first-order valence-electron chi connectivity index (χ1n) is 20.0. The highest BCUT2D eigenvalue weighted by molar-refractivity contribution is 7.80. The topological polar surface area (TPSA) is 384 Å². The van der Waals surface area contributed by atoms with E-state index in [4.69, 9.17) is 23.7 Å². The molecule has 2 aliphatic heterocycles. The van der Waals surface area contributed by atoms with Crippen LogP contribution in [-0.2, 0) is 38.3 Å². The number of likely N-dealkylation sites (N-methyl/N-ethyl adjacent to an activating group) is 1. The molecule has 24 nitrogen and oxygen atoms in total. The number of phenols is 3. The minimum atomic E-state index is -5.31. The predicted molar refractivity (Wildman–Crippen MR) is 217 cm³/mol. The number of methoxy groups -OCH3 is 1. The number of amides is 1. The first-order valence-corrected chi connectivity index (χ1v) is 21.4. The number of hydrogen-bond acceptors (Lipinski definition) is 21. The number of carboxylic acid groups (broad SMARTS) is 1. The molecule has 0 aromatic heterocycles. The molecule has 2 saturated heterocycles. The number of carbonyl (C=O) groups is 4. The summed E-state index contributed by atoms with van der Waals surface area (Å²) >= 11 is 0. The van der Waals surface area contributed by atoms with Gasteiger partial charge in [0.1, 0.15) is 77.9 Å². The van der Waals surface area contributed by atoms with Gasteiger partial charge in [-0.3, -0.25) is 23.7 Å². The zero-order chi connectivity index (χ0) is 48.6. The van der Waals surface area contributed by atoms with Crippen LogP contribution in [0.15, 0.2) is 24.3 Å². The van der Waals surface area contributed by atoms with Gasteiger partial charge in [-0.15, -0.1) is 0 Å². The summed E-state index contributed by atoms with van der Waals surface area (Å²) in [5.74, 6) is -7.03. The van der Waals surface area contributed by atoms with Crippen molar-refractivity contribution in [1.29, 1.82) is 0 Å². The van der Waals surface area contributed by atoms with Gasteiger partial charge in [0, 0.05) is 28.3 Å². The Morgan fingerprint density at radius 1 is 0.833 bits per heavy atom. The van der Waals surface area contributed by atoms with Crippen LogP contribution in [0, 0.1) is 6.92 Å². The Labute approximate surface area is 373 Å². The van der Waals surface area contributed by atoms with Gasteiger partial charge in [-0.25, -0.2) is 4.18 Å². The number of aliphatic carboxylic acids is 1. The number of ketones is 2. The van der Waals surface area contributed by atoms with Crippen LogP contribution >= 0.6 is 0 Å². The van der Waals surface area contributed by atoms with Crippen LogP contribution in [0.4, 0.5) is 0 Å². The van der Waals surface area contributed by atoms with Gasteiger partial charge in [-0.1, -0.05) is 6.07 Å². The molecule has 0 unspecified atom stereocenters. The Morgan fingerprint density at radius 2 is 1.44 bits per heavy atom. The molecule has 2 fully saturated rings. The van der Waals surface area contributed by atoms with Crippen molar-refractivity contribution >= 4 is 33.8 Å². The van der Waals surface area contributed by atoms with E-state index in [1.54, 1.807) is 0 Å². The fourth-order valence-electron chi connectivity index (χ4n) is 8.82. The number of aromatic hydroxyl groups is 3. The number of hydrogen-bond donors (Lipinski definition) is 12. The number of carbonyl (C=O) groups excluding carboxylic acids is 3. The number of ether oxygens (including phenoxy) is 5. The zero-order valence-corrected chi connectivity index (χ0v) is 36.1. The van der Waals surface area contributed by atoms with Crippen LogP contribution in [0.1, 0.15) is 84.9 Å². The van der Waals surface area contributed by atoms with Crippen LogP contribution in [0.25, 0.3) is 11.1 Å². The highest BCUT2D eigenvalue weighted by Crippen LogP contribution is 2.57. The van der Waals surface area contributed by atoms with Gasteiger partial charge in [0.15, 0.2) is 24.1 Å². The maximum Gasteiger partial charge on any atom is 0.397 e. The Hall–Kier alpha value is -5.39. The Bertz CT molecular complexity index is 2600. The number of fused-ring (bicyclic) bond motifs is 5. The average Bonchev–Trinajstić information content (AvgIpc) is 3.24. The molecule has 3 aromatic carbocycles. The smallest absolute Gasteiger partial charge is 0.397 e. The van der Waals surface area contributed by atoms with Gasteiger partial charge in [0.2, 0.25) is 0 Å². The van der Waals surface area contributed by atoms with Crippen molar-refractivity contribution in [3.05, 3.63) is 68.8 Å². The monoisotopic (exact) mass is 950 g/mol. The molecule has 0 spiro atoms. The third kappa shape index (κ3) is 8.24. The number of aryl methyl sites for hydroxylation is 1. The summed E-state index contributed by atoms with van der Waals surface area (Å²) in [6.45, 7) is 3.00. The fraction of sp³-hybridized carbons (Fsp3) is 0.463. The predicted octanol–water partition coefficient (Wildman–Crippen LogP) is -1.42. The number of nitrogens with one attached hydrogen (secondary N) is 2. The molecule has 0 bridgehead atoms. The largest absolute Gasteiger partial charge is 0.507 e. The summed E-state index contributed by atoms with van der Waals surface area (Å²) in [5, 5.41) is 105. The van der Waals surface area contributed by atoms with Gasteiger partial charge >= 0.3 is 16.4 Å². The SMILES string of the molecule is CN[C@H]1[C@@H](O[C@H]2O[C@@H](CO)[C@H](O)[C@@H](OS(=O)(=O)O)[C@@H]2O)[C@H](O)[C@@H](O[C@H]2c3cc(C)c(C(=O)N[C@H](C)C(=O)O)c(O)c3-c3c(cc4c(c3O)C(=O)c3cc(OC)cc(O)c3C4=O)[C@@H]2O)O[C@H]1C. The molecule has 2 aliphatic carbocycles. The van der Waals surface area contributed by atoms with Crippen LogP contribution in [0.2, 0.25) is 0 Å². The third-order valence-corrected chi connectivity index (χ3v) is 12.5. The first-order chi connectivity index (χ1) is 30.9. The summed E-state index contributed by atoms with van der Waals surface area (Å²) in [7, 11) is -2.64. The molecule has 66 heavy (non-hydrogen) atoms. The molecule has 13 atom stereocenters. The molecule has 25 heteroatoms. The lowest BCUT2D eigenvalue weighted by Gasteiger charge is -2.48. The fourth-order valence-corrected chi connectivity index (χ4v) is 9.33. The molecule has 0 saturated carbocycles. The van der Waals surface area contributed by atoms with Gasteiger partial charge in [-0.05, 0) is 56.6 Å². The quantitative estimate of drug-likeness (QED) is 0.0725. The maximum atomic E-state index is 14.1. The lowest BCUT2D eigenvalue weighted by Crippen LogP contribution is -2.66. The second kappa shape index (κ2) is 18.0. The summed E-state index contributed by atoms with van der Waals surface area (Å²) in [5.41, 5.74) is -4.00. The van der Waals surface area contributed by atoms with E-state index in [1.807, 2.05) is 0 Å². The van der Waals surface area contributed by atoms with Crippen LogP contribution in [-0.4, -0.2) is 171 Å². The van der Waals surface area contributed by atoms with Crippen molar-refractivity contribution in [1.82, 2.24) is 10.6 Å².